The van der Waals surface area contributed by atoms with Gasteiger partial charge in [-0.2, -0.15) is 0 Å². The van der Waals surface area contributed by atoms with Gasteiger partial charge in [-0.1, -0.05) is 12.2 Å². The maximum absolute atomic E-state index is 9.62. The van der Waals surface area contributed by atoms with E-state index in [2.05, 4.69) is 4.74 Å². The third kappa shape index (κ3) is 5.01. The Kier molecular flexibility index (Phi) is 3.66. The second kappa shape index (κ2) is 4.18. The predicted molar refractivity (Wildman–Crippen MR) is 28.8 cm³/mol. The van der Waals surface area contributed by atoms with E-state index < -0.39 is 6.16 Å². The lowest BCUT2D eigenvalue weighted by Gasteiger charge is -1.89. The van der Waals surface area contributed by atoms with Crippen LogP contribution in [-0.4, -0.2) is 17.9 Å². The highest BCUT2D eigenvalue weighted by Crippen LogP contribution is 1.76. The lowest BCUT2D eigenvalue weighted by Crippen LogP contribution is -1.98. The summed E-state index contributed by atoms with van der Waals surface area (Å²) in [6, 6.07) is 0. The molecule has 0 aromatic heterocycles. The molecule has 8 heavy (non-hydrogen) atoms. The van der Waals surface area contributed by atoms with Crippen molar-refractivity contribution in [1.82, 2.24) is 0 Å². The monoisotopic (exact) mass is 116 g/mol. The highest BCUT2D eigenvalue weighted by Gasteiger charge is 1.88. The molecule has 0 aromatic rings. The molecule has 3 nitrogen and oxygen atoms in total. The zero-order valence-electron chi connectivity index (χ0n) is 4.63. The van der Waals surface area contributed by atoms with Crippen LogP contribution in [0, 0.1) is 0 Å². The van der Waals surface area contributed by atoms with Crippen LogP contribution in [0.2, 0.25) is 0 Å². The molecular formula is C5H8O3. The fraction of sp³-hybridized carbons (Fsp3) is 0.400. The molecule has 0 unspecified atom stereocenters. The van der Waals surface area contributed by atoms with Crippen molar-refractivity contribution in [3.8, 4) is 0 Å². The maximum Gasteiger partial charge on any atom is 0.506 e. The first kappa shape index (κ1) is 7.01. The number of ether oxygens (including phenoxy) is 1. The largest absolute Gasteiger partial charge is 0.506 e. The van der Waals surface area contributed by atoms with Gasteiger partial charge in [-0.05, 0) is 6.92 Å². The lowest BCUT2D eigenvalue weighted by molar-refractivity contribution is 0.102. The zero-order valence-corrected chi connectivity index (χ0v) is 4.63. The van der Waals surface area contributed by atoms with E-state index in [-0.39, 0.29) is 6.61 Å². The van der Waals surface area contributed by atoms with Crippen molar-refractivity contribution in [3.63, 3.8) is 0 Å². The molecule has 0 aliphatic rings. The summed E-state index contributed by atoms with van der Waals surface area (Å²) in [5.41, 5.74) is 0. The van der Waals surface area contributed by atoms with Crippen LogP contribution >= 0.6 is 0 Å². The van der Waals surface area contributed by atoms with E-state index in [1.54, 1.807) is 19.1 Å². The van der Waals surface area contributed by atoms with Gasteiger partial charge in [0.05, 0.1) is 0 Å². The Labute approximate surface area is 47.6 Å². The standard InChI is InChI=1S/C5H8O3/c1-2-3-4-8-5(6)7/h2-3H,4H2,1H3,(H,6,7)/b3-2+. The van der Waals surface area contributed by atoms with E-state index in [9.17, 15) is 4.79 Å². The van der Waals surface area contributed by atoms with Gasteiger partial charge in [0.1, 0.15) is 6.61 Å². The third-order valence-corrected chi connectivity index (χ3v) is 0.539. The Bertz CT molecular complexity index is 95.8. The van der Waals surface area contributed by atoms with Gasteiger partial charge in [0.15, 0.2) is 0 Å². The topological polar surface area (TPSA) is 46.5 Å². The van der Waals surface area contributed by atoms with Crippen molar-refractivity contribution in [2.45, 2.75) is 6.92 Å². The summed E-state index contributed by atoms with van der Waals surface area (Å²) >= 11 is 0. The molecular weight excluding hydrogens is 108 g/mol. The van der Waals surface area contributed by atoms with Gasteiger partial charge in [0.25, 0.3) is 0 Å². The fourth-order valence-corrected chi connectivity index (χ4v) is 0.216. The average molecular weight is 116 g/mol. The molecule has 0 aliphatic heterocycles. The van der Waals surface area contributed by atoms with E-state index in [0.717, 1.165) is 0 Å². The molecule has 0 spiro atoms. The fourth-order valence-electron chi connectivity index (χ4n) is 0.216. The Morgan fingerprint density at radius 2 is 2.50 bits per heavy atom. The highest BCUT2D eigenvalue weighted by molar-refractivity contribution is 5.56. The van der Waals surface area contributed by atoms with Gasteiger partial charge in [0.2, 0.25) is 0 Å². The van der Waals surface area contributed by atoms with Crippen LogP contribution in [0.5, 0.6) is 0 Å². The molecule has 0 rings (SSSR count). The molecule has 0 aromatic carbocycles. The molecule has 0 amide bonds. The van der Waals surface area contributed by atoms with E-state index >= 15 is 0 Å². The van der Waals surface area contributed by atoms with Crippen LogP contribution in [0.3, 0.4) is 0 Å². The first-order valence-corrected chi connectivity index (χ1v) is 2.24. The second-order valence-electron chi connectivity index (χ2n) is 1.15. The zero-order chi connectivity index (χ0) is 6.41. The van der Waals surface area contributed by atoms with Crippen LogP contribution in [0.15, 0.2) is 12.2 Å². The van der Waals surface area contributed by atoms with Gasteiger partial charge in [-0.15, -0.1) is 0 Å². The first-order valence-electron chi connectivity index (χ1n) is 2.24. The van der Waals surface area contributed by atoms with Crippen molar-refractivity contribution in [3.05, 3.63) is 12.2 Å². The van der Waals surface area contributed by atoms with Gasteiger partial charge in [-0.3, -0.25) is 0 Å². The third-order valence-electron chi connectivity index (χ3n) is 0.539. The summed E-state index contributed by atoms with van der Waals surface area (Å²) in [7, 11) is 0. The smallest absolute Gasteiger partial charge is 0.450 e. The molecule has 3 heteroatoms. The van der Waals surface area contributed by atoms with Crippen molar-refractivity contribution < 1.29 is 14.6 Å². The van der Waals surface area contributed by atoms with E-state index in [1.165, 1.54) is 0 Å². The second-order valence-corrected chi connectivity index (χ2v) is 1.15. The number of hydrogen-bond donors (Lipinski definition) is 1. The van der Waals surface area contributed by atoms with Gasteiger partial charge < -0.3 is 9.84 Å². The van der Waals surface area contributed by atoms with Gasteiger partial charge >= 0.3 is 6.16 Å². The van der Waals surface area contributed by atoms with E-state index in [1.807, 2.05) is 0 Å². The summed E-state index contributed by atoms with van der Waals surface area (Å²) in [6.45, 7) is 1.94. The summed E-state index contributed by atoms with van der Waals surface area (Å²) in [5, 5.41) is 7.88. The minimum absolute atomic E-state index is 0.145. The van der Waals surface area contributed by atoms with Crippen LogP contribution in [0.4, 0.5) is 4.79 Å². The molecule has 0 heterocycles. The molecule has 0 bridgehead atoms. The molecule has 0 saturated carbocycles. The summed E-state index contributed by atoms with van der Waals surface area (Å²) in [5.74, 6) is 0. The number of hydrogen-bond acceptors (Lipinski definition) is 2. The molecule has 0 atom stereocenters. The van der Waals surface area contributed by atoms with Crippen LogP contribution < -0.4 is 0 Å². The SMILES string of the molecule is C/C=C/COC(=O)O. The molecule has 0 saturated heterocycles. The Morgan fingerprint density at radius 1 is 1.88 bits per heavy atom. The summed E-state index contributed by atoms with van der Waals surface area (Å²) in [6.07, 6.45) is 2.11. The van der Waals surface area contributed by atoms with Gasteiger partial charge in [0, 0.05) is 0 Å². The molecule has 0 aliphatic carbocycles. The number of carbonyl (C=O) groups is 1. The minimum Gasteiger partial charge on any atom is -0.450 e. The molecule has 46 valence electrons. The maximum atomic E-state index is 9.62. The molecule has 0 fully saturated rings. The van der Waals surface area contributed by atoms with Crippen LogP contribution in [0.1, 0.15) is 6.92 Å². The Hall–Kier alpha value is -0.990. The predicted octanol–water partition coefficient (Wildman–Crippen LogP) is 1.26. The average Bonchev–Trinajstić information content (AvgIpc) is 1.66. The lowest BCUT2D eigenvalue weighted by atomic mass is 10.6. The number of carboxylic acid groups (broad SMARTS) is 1. The minimum atomic E-state index is -1.23. The normalized spacial score (nSPS) is 9.62. The van der Waals surface area contributed by atoms with Crippen molar-refractivity contribution >= 4 is 6.16 Å². The van der Waals surface area contributed by atoms with Crippen molar-refractivity contribution in [2.75, 3.05) is 6.61 Å². The molecule has 1 N–H and O–H groups in total. The van der Waals surface area contributed by atoms with Crippen molar-refractivity contribution in [1.29, 1.82) is 0 Å². The van der Waals surface area contributed by atoms with Crippen molar-refractivity contribution in [2.24, 2.45) is 0 Å². The molecule has 0 radical (unpaired) electrons. The quantitative estimate of drug-likeness (QED) is 0.436. The van der Waals surface area contributed by atoms with Crippen LogP contribution in [0.25, 0.3) is 0 Å². The highest BCUT2D eigenvalue weighted by atomic mass is 16.7. The summed E-state index contributed by atoms with van der Waals surface area (Å²) < 4.78 is 4.11. The van der Waals surface area contributed by atoms with Crippen LogP contribution in [-0.2, 0) is 4.74 Å². The summed E-state index contributed by atoms with van der Waals surface area (Å²) in [4.78, 5) is 9.62. The number of rotatable bonds is 2. The van der Waals surface area contributed by atoms with Gasteiger partial charge in [-0.25, -0.2) is 4.79 Å². The Balaban J connectivity index is 3.05. The Morgan fingerprint density at radius 3 is 2.88 bits per heavy atom. The number of allylic oxidation sites excluding steroid dienone is 1. The van der Waals surface area contributed by atoms with E-state index in [0.29, 0.717) is 0 Å². The first-order chi connectivity index (χ1) is 3.77. The van der Waals surface area contributed by atoms with E-state index in [4.69, 9.17) is 5.11 Å².